The molecule has 19 heavy (non-hydrogen) atoms. The quantitative estimate of drug-likeness (QED) is 0.828. The minimum Gasteiger partial charge on any atom is -0.497 e. The van der Waals surface area contributed by atoms with E-state index in [0.29, 0.717) is 6.61 Å². The summed E-state index contributed by atoms with van der Waals surface area (Å²) in [7, 11) is 1.65. The molecule has 1 aromatic heterocycles. The molecule has 3 nitrogen and oxygen atoms in total. The minimum absolute atomic E-state index is 0.617. The first-order chi connectivity index (χ1) is 9.22. The van der Waals surface area contributed by atoms with Crippen LogP contribution in [0.5, 0.6) is 11.5 Å². The molecule has 1 aromatic carbocycles. The van der Waals surface area contributed by atoms with Crippen molar-refractivity contribution < 1.29 is 9.47 Å². The van der Waals surface area contributed by atoms with E-state index >= 15 is 0 Å². The van der Waals surface area contributed by atoms with Gasteiger partial charge in [0.25, 0.3) is 0 Å². The van der Waals surface area contributed by atoms with Crippen molar-refractivity contribution in [3.63, 3.8) is 0 Å². The molecule has 102 valence electrons. The number of hydrogen-bond donors (Lipinski definition) is 1. The third-order valence-electron chi connectivity index (χ3n) is 2.71. The van der Waals surface area contributed by atoms with Gasteiger partial charge in [-0.15, -0.1) is 11.3 Å². The Morgan fingerprint density at radius 1 is 1.32 bits per heavy atom. The SMILES string of the molecule is COc1cccc(OCCc2nc(C)c(CS)s2)c1. The van der Waals surface area contributed by atoms with Crippen LogP contribution in [0.25, 0.3) is 0 Å². The maximum absolute atomic E-state index is 5.70. The monoisotopic (exact) mass is 295 g/mol. The van der Waals surface area contributed by atoms with Crippen molar-refractivity contribution in [2.45, 2.75) is 19.1 Å². The van der Waals surface area contributed by atoms with Gasteiger partial charge in [-0.2, -0.15) is 12.6 Å². The van der Waals surface area contributed by atoms with Gasteiger partial charge in [-0.1, -0.05) is 6.07 Å². The number of nitrogens with zero attached hydrogens (tertiary/aromatic N) is 1. The van der Waals surface area contributed by atoms with Crippen LogP contribution in [0, 0.1) is 6.92 Å². The fourth-order valence-corrected chi connectivity index (χ4v) is 3.02. The summed E-state index contributed by atoms with van der Waals surface area (Å²) in [6.07, 6.45) is 0.816. The molecular weight excluding hydrogens is 278 g/mol. The van der Waals surface area contributed by atoms with Gasteiger partial charge in [-0.05, 0) is 19.1 Å². The summed E-state index contributed by atoms with van der Waals surface area (Å²) in [6, 6.07) is 7.62. The summed E-state index contributed by atoms with van der Waals surface area (Å²) >= 11 is 6.00. The van der Waals surface area contributed by atoms with Crippen molar-refractivity contribution in [2.75, 3.05) is 13.7 Å². The lowest BCUT2D eigenvalue weighted by atomic mass is 10.3. The van der Waals surface area contributed by atoms with Crippen molar-refractivity contribution in [3.8, 4) is 11.5 Å². The summed E-state index contributed by atoms with van der Waals surface area (Å²) in [5.74, 6) is 2.38. The van der Waals surface area contributed by atoms with Crippen molar-refractivity contribution in [1.29, 1.82) is 0 Å². The van der Waals surface area contributed by atoms with Gasteiger partial charge in [0.15, 0.2) is 0 Å². The fraction of sp³-hybridized carbons (Fsp3) is 0.357. The first-order valence-electron chi connectivity index (χ1n) is 6.06. The van der Waals surface area contributed by atoms with Gasteiger partial charge in [-0.3, -0.25) is 0 Å². The molecule has 0 fully saturated rings. The van der Waals surface area contributed by atoms with E-state index in [1.54, 1.807) is 18.4 Å². The Morgan fingerprint density at radius 2 is 2.11 bits per heavy atom. The molecule has 0 aliphatic rings. The number of benzene rings is 1. The molecule has 0 aliphatic carbocycles. The number of thiazole rings is 1. The van der Waals surface area contributed by atoms with Gasteiger partial charge in [0, 0.05) is 23.1 Å². The number of thiol groups is 1. The minimum atomic E-state index is 0.617. The van der Waals surface area contributed by atoms with Crippen LogP contribution in [0.3, 0.4) is 0 Å². The average molecular weight is 295 g/mol. The maximum atomic E-state index is 5.70. The van der Waals surface area contributed by atoms with E-state index in [1.165, 1.54) is 4.88 Å². The smallest absolute Gasteiger partial charge is 0.123 e. The summed E-state index contributed by atoms with van der Waals surface area (Å²) < 4.78 is 10.9. The first kappa shape index (κ1) is 14.2. The predicted octanol–water partition coefficient (Wildman–Crippen LogP) is 3.51. The van der Waals surface area contributed by atoms with Crippen molar-refractivity contribution in [3.05, 3.63) is 39.8 Å². The zero-order valence-electron chi connectivity index (χ0n) is 11.0. The molecule has 2 aromatic rings. The number of ether oxygens (including phenoxy) is 2. The molecule has 0 saturated carbocycles. The second-order valence-corrected chi connectivity index (χ2v) is 5.54. The Bertz CT molecular complexity index is 540. The Hall–Kier alpha value is -1.20. The van der Waals surface area contributed by atoms with Gasteiger partial charge >= 0.3 is 0 Å². The molecule has 0 unspecified atom stereocenters. The van der Waals surface area contributed by atoms with Crippen LogP contribution in [-0.4, -0.2) is 18.7 Å². The Kier molecular flexibility index (Phi) is 5.10. The van der Waals surface area contributed by atoms with Crippen LogP contribution in [-0.2, 0) is 12.2 Å². The highest BCUT2D eigenvalue weighted by Crippen LogP contribution is 2.21. The molecular formula is C14H17NO2S2. The molecule has 2 rings (SSSR count). The zero-order chi connectivity index (χ0) is 13.7. The molecule has 1 heterocycles. The largest absolute Gasteiger partial charge is 0.497 e. The van der Waals surface area contributed by atoms with E-state index in [2.05, 4.69) is 17.6 Å². The summed E-state index contributed by atoms with van der Waals surface area (Å²) in [5.41, 5.74) is 1.08. The van der Waals surface area contributed by atoms with Gasteiger partial charge in [0.05, 0.1) is 24.4 Å². The normalized spacial score (nSPS) is 10.5. The van der Waals surface area contributed by atoms with Crippen molar-refractivity contribution in [2.24, 2.45) is 0 Å². The highest BCUT2D eigenvalue weighted by Gasteiger charge is 2.06. The third-order valence-corrected chi connectivity index (χ3v) is 4.45. The van der Waals surface area contributed by atoms with E-state index in [9.17, 15) is 0 Å². The van der Waals surface area contributed by atoms with Gasteiger partial charge in [0.2, 0.25) is 0 Å². The topological polar surface area (TPSA) is 31.4 Å². The van der Waals surface area contributed by atoms with E-state index < -0.39 is 0 Å². The summed E-state index contributed by atoms with van der Waals surface area (Å²) in [4.78, 5) is 5.75. The van der Waals surface area contributed by atoms with Gasteiger partial charge in [-0.25, -0.2) is 4.98 Å². The molecule has 0 spiro atoms. The molecule has 0 radical (unpaired) electrons. The van der Waals surface area contributed by atoms with E-state index in [0.717, 1.165) is 34.4 Å². The molecule has 0 saturated heterocycles. The maximum Gasteiger partial charge on any atom is 0.123 e. The lowest BCUT2D eigenvalue weighted by molar-refractivity contribution is 0.318. The van der Waals surface area contributed by atoms with Crippen LogP contribution in [0.4, 0.5) is 0 Å². The van der Waals surface area contributed by atoms with Crippen LogP contribution < -0.4 is 9.47 Å². The number of methoxy groups -OCH3 is 1. The van der Waals surface area contributed by atoms with Gasteiger partial charge in [0.1, 0.15) is 11.5 Å². The Morgan fingerprint density at radius 3 is 2.79 bits per heavy atom. The van der Waals surface area contributed by atoms with E-state index in [4.69, 9.17) is 9.47 Å². The zero-order valence-corrected chi connectivity index (χ0v) is 12.8. The lowest BCUT2D eigenvalue weighted by Crippen LogP contribution is -2.01. The molecule has 5 heteroatoms. The summed E-state index contributed by atoms with van der Waals surface area (Å²) in [5, 5.41) is 1.10. The molecule has 0 atom stereocenters. The summed E-state index contributed by atoms with van der Waals surface area (Å²) in [6.45, 7) is 2.64. The Balaban J connectivity index is 1.88. The Labute approximate surface area is 123 Å². The molecule has 0 amide bonds. The number of aryl methyl sites for hydroxylation is 1. The van der Waals surface area contributed by atoms with Gasteiger partial charge < -0.3 is 9.47 Å². The molecule has 0 aliphatic heterocycles. The number of rotatable bonds is 6. The van der Waals surface area contributed by atoms with Crippen LogP contribution >= 0.6 is 24.0 Å². The predicted molar refractivity (Wildman–Crippen MR) is 81.7 cm³/mol. The van der Waals surface area contributed by atoms with Crippen LogP contribution in [0.15, 0.2) is 24.3 Å². The number of hydrogen-bond acceptors (Lipinski definition) is 5. The highest BCUT2D eigenvalue weighted by atomic mass is 32.1. The van der Waals surface area contributed by atoms with E-state index in [-0.39, 0.29) is 0 Å². The lowest BCUT2D eigenvalue weighted by Gasteiger charge is -2.06. The van der Waals surface area contributed by atoms with Crippen LogP contribution in [0.1, 0.15) is 15.6 Å². The highest BCUT2D eigenvalue weighted by molar-refractivity contribution is 7.79. The molecule has 0 bridgehead atoms. The van der Waals surface area contributed by atoms with Crippen LogP contribution in [0.2, 0.25) is 0 Å². The standard InChI is InChI=1S/C14H17NO2S2/c1-10-13(9-18)19-14(15-10)6-7-17-12-5-3-4-11(8-12)16-2/h3-5,8,18H,6-7,9H2,1-2H3. The second-order valence-electron chi connectivity index (χ2n) is 4.05. The molecule has 0 N–H and O–H groups in total. The average Bonchev–Trinajstić information content (AvgIpc) is 2.79. The van der Waals surface area contributed by atoms with E-state index in [1.807, 2.05) is 31.2 Å². The van der Waals surface area contributed by atoms with Crippen molar-refractivity contribution in [1.82, 2.24) is 4.98 Å². The third kappa shape index (κ3) is 3.88. The number of aromatic nitrogens is 1. The second kappa shape index (κ2) is 6.82. The van der Waals surface area contributed by atoms with Crippen molar-refractivity contribution >= 4 is 24.0 Å². The first-order valence-corrected chi connectivity index (χ1v) is 7.50. The fourth-order valence-electron chi connectivity index (χ4n) is 1.69.